The highest BCUT2D eigenvalue weighted by Gasteiger charge is 2.07. The van der Waals surface area contributed by atoms with Gasteiger partial charge in [0.15, 0.2) is 5.16 Å². The van der Waals surface area contributed by atoms with Crippen LogP contribution in [0.2, 0.25) is 0 Å². The Balaban J connectivity index is 0.00000147. The van der Waals surface area contributed by atoms with Crippen LogP contribution in [0.3, 0.4) is 0 Å². The molecule has 0 atom stereocenters. The molecule has 1 heterocycles. The molecule has 0 unspecified atom stereocenters. The first-order chi connectivity index (χ1) is 9.24. The molecule has 0 aliphatic heterocycles. The molecule has 0 bridgehead atoms. The fraction of sp³-hybridized carbons (Fsp3) is 0.133. The standard InChI is InChI=1S/C15H13BrN2S.BrH/c1-18-14-5-3-2-4-13(14)17-15(18)19-10-11-6-8-12(16)9-7-11;/h2-9H,10H2,1H3;1H. The van der Waals surface area contributed by atoms with Crippen molar-refractivity contribution in [3.05, 3.63) is 58.6 Å². The van der Waals surface area contributed by atoms with Crippen LogP contribution < -0.4 is 0 Å². The van der Waals surface area contributed by atoms with Crippen LogP contribution in [0.15, 0.2) is 58.2 Å². The number of halogens is 2. The van der Waals surface area contributed by atoms with E-state index in [-0.39, 0.29) is 17.0 Å². The summed E-state index contributed by atoms with van der Waals surface area (Å²) < 4.78 is 3.27. The average Bonchev–Trinajstić information content (AvgIpc) is 2.76. The third kappa shape index (κ3) is 3.27. The molecule has 2 nitrogen and oxygen atoms in total. The van der Waals surface area contributed by atoms with Gasteiger partial charge in [0.25, 0.3) is 0 Å². The number of imidazole rings is 1. The Hall–Kier alpha value is -0.780. The monoisotopic (exact) mass is 412 g/mol. The molecule has 104 valence electrons. The lowest BCUT2D eigenvalue weighted by Crippen LogP contribution is -1.91. The Morgan fingerprint density at radius 1 is 1.10 bits per heavy atom. The first kappa shape index (κ1) is 15.6. The molecule has 0 fully saturated rings. The third-order valence-electron chi connectivity index (χ3n) is 3.03. The summed E-state index contributed by atoms with van der Waals surface area (Å²) in [5.74, 6) is 0.935. The topological polar surface area (TPSA) is 17.8 Å². The van der Waals surface area contributed by atoms with Crippen molar-refractivity contribution in [3.8, 4) is 0 Å². The number of hydrogen-bond acceptors (Lipinski definition) is 2. The van der Waals surface area contributed by atoms with E-state index in [9.17, 15) is 0 Å². The summed E-state index contributed by atoms with van der Waals surface area (Å²) in [6.45, 7) is 0. The molecule has 20 heavy (non-hydrogen) atoms. The summed E-state index contributed by atoms with van der Waals surface area (Å²) in [5, 5.41) is 1.06. The molecule has 1 aromatic heterocycles. The van der Waals surface area contributed by atoms with E-state index >= 15 is 0 Å². The molecule has 5 heteroatoms. The Labute approximate surface area is 141 Å². The Morgan fingerprint density at radius 2 is 1.80 bits per heavy atom. The van der Waals surface area contributed by atoms with Gasteiger partial charge < -0.3 is 4.57 Å². The summed E-state index contributed by atoms with van der Waals surface area (Å²) in [6.07, 6.45) is 0. The molecule has 3 aromatic rings. The van der Waals surface area contributed by atoms with Crippen LogP contribution in [0.4, 0.5) is 0 Å². The fourth-order valence-corrected chi connectivity index (χ4v) is 3.19. The molecule has 0 saturated carbocycles. The number of rotatable bonds is 3. The van der Waals surface area contributed by atoms with E-state index in [4.69, 9.17) is 0 Å². The van der Waals surface area contributed by atoms with Gasteiger partial charge in [-0.15, -0.1) is 17.0 Å². The van der Waals surface area contributed by atoms with Crippen LogP contribution >= 0.6 is 44.7 Å². The van der Waals surface area contributed by atoms with Crippen molar-refractivity contribution in [1.29, 1.82) is 0 Å². The number of thioether (sulfide) groups is 1. The second kappa shape index (κ2) is 6.78. The Kier molecular flexibility index (Phi) is 5.29. The largest absolute Gasteiger partial charge is 0.322 e. The van der Waals surface area contributed by atoms with Crippen LogP contribution in [-0.4, -0.2) is 9.55 Å². The fourth-order valence-electron chi connectivity index (χ4n) is 1.98. The Morgan fingerprint density at radius 3 is 2.50 bits per heavy atom. The molecule has 0 spiro atoms. The number of benzene rings is 2. The SMILES string of the molecule is Br.Cn1c(SCc2ccc(Br)cc2)nc2ccccc21. The maximum absolute atomic E-state index is 4.66. The van der Waals surface area contributed by atoms with E-state index in [1.165, 1.54) is 11.1 Å². The van der Waals surface area contributed by atoms with Crippen molar-refractivity contribution >= 4 is 55.7 Å². The van der Waals surface area contributed by atoms with Gasteiger partial charge in [-0.25, -0.2) is 4.98 Å². The summed E-state index contributed by atoms with van der Waals surface area (Å²) in [5.41, 5.74) is 3.55. The van der Waals surface area contributed by atoms with Gasteiger partial charge in [-0.1, -0.05) is 52.0 Å². The van der Waals surface area contributed by atoms with Crippen LogP contribution in [-0.2, 0) is 12.8 Å². The predicted molar refractivity (Wildman–Crippen MR) is 94.7 cm³/mol. The summed E-state index contributed by atoms with van der Waals surface area (Å²) >= 11 is 5.22. The van der Waals surface area contributed by atoms with Crippen molar-refractivity contribution in [1.82, 2.24) is 9.55 Å². The maximum Gasteiger partial charge on any atom is 0.169 e. The minimum Gasteiger partial charge on any atom is -0.322 e. The first-order valence-electron chi connectivity index (χ1n) is 6.03. The summed E-state index contributed by atoms with van der Waals surface area (Å²) in [6, 6.07) is 16.7. The van der Waals surface area contributed by atoms with Crippen molar-refractivity contribution in [2.24, 2.45) is 7.05 Å². The highest BCUT2D eigenvalue weighted by Crippen LogP contribution is 2.26. The van der Waals surface area contributed by atoms with Gasteiger partial charge in [0.05, 0.1) is 11.0 Å². The number of nitrogens with zero attached hydrogens (tertiary/aromatic N) is 2. The molecule has 0 aliphatic rings. The lowest BCUT2D eigenvalue weighted by Gasteiger charge is -2.02. The zero-order valence-corrected chi connectivity index (χ0v) is 15.0. The zero-order chi connectivity index (χ0) is 13.2. The summed E-state index contributed by atoms with van der Waals surface area (Å²) in [7, 11) is 2.07. The number of para-hydroxylation sites is 2. The molecular weight excluding hydrogens is 400 g/mol. The molecule has 0 saturated heterocycles. The Bertz CT molecular complexity index is 707. The second-order valence-corrected chi connectivity index (χ2v) is 6.22. The van der Waals surface area contributed by atoms with Crippen LogP contribution in [0.25, 0.3) is 11.0 Å². The van der Waals surface area contributed by atoms with Crippen molar-refractivity contribution < 1.29 is 0 Å². The first-order valence-corrected chi connectivity index (χ1v) is 7.80. The van der Waals surface area contributed by atoms with Crippen LogP contribution in [0.1, 0.15) is 5.56 Å². The van der Waals surface area contributed by atoms with Gasteiger partial charge >= 0.3 is 0 Å². The lowest BCUT2D eigenvalue weighted by molar-refractivity contribution is 0.815. The average molecular weight is 414 g/mol. The van der Waals surface area contributed by atoms with E-state index in [0.29, 0.717) is 0 Å². The summed E-state index contributed by atoms with van der Waals surface area (Å²) in [4.78, 5) is 4.66. The lowest BCUT2D eigenvalue weighted by atomic mass is 10.2. The molecule has 0 N–H and O–H groups in total. The van der Waals surface area contributed by atoms with E-state index in [1.807, 2.05) is 12.1 Å². The highest BCUT2D eigenvalue weighted by atomic mass is 79.9. The maximum atomic E-state index is 4.66. The molecular formula is C15H14Br2N2S. The third-order valence-corrected chi connectivity index (χ3v) is 4.66. The van der Waals surface area contributed by atoms with E-state index in [2.05, 4.69) is 68.9 Å². The van der Waals surface area contributed by atoms with E-state index in [0.717, 1.165) is 20.9 Å². The predicted octanol–water partition coefficient (Wildman–Crippen LogP) is 5.21. The number of hydrogen-bond donors (Lipinski definition) is 0. The molecule has 0 radical (unpaired) electrons. The van der Waals surface area contributed by atoms with Crippen molar-refractivity contribution in [3.63, 3.8) is 0 Å². The second-order valence-electron chi connectivity index (χ2n) is 4.36. The van der Waals surface area contributed by atoms with Crippen molar-refractivity contribution in [2.75, 3.05) is 0 Å². The highest BCUT2D eigenvalue weighted by molar-refractivity contribution is 9.10. The smallest absolute Gasteiger partial charge is 0.169 e. The zero-order valence-electron chi connectivity index (χ0n) is 10.9. The van der Waals surface area contributed by atoms with Gasteiger partial charge in [0, 0.05) is 17.3 Å². The van der Waals surface area contributed by atoms with Gasteiger partial charge in [0.1, 0.15) is 0 Å². The number of aryl methyl sites for hydroxylation is 1. The minimum absolute atomic E-state index is 0. The molecule has 0 amide bonds. The number of fused-ring (bicyclic) bond motifs is 1. The van der Waals surface area contributed by atoms with E-state index in [1.54, 1.807) is 11.8 Å². The van der Waals surface area contributed by atoms with Gasteiger partial charge in [-0.3, -0.25) is 0 Å². The number of aromatic nitrogens is 2. The van der Waals surface area contributed by atoms with Gasteiger partial charge in [0.2, 0.25) is 0 Å². The van der Waals surface area contributed by atoms with Gasteiger partial charge in [-0.05, 0) is 29.8 Å². The van der Waals surface area contributed by atoms with E-state index < -0.39 is 0 Å². The normalized spacial score (nSPS) is 10.5. The molecule has 3 rings (SSSR count). The van der Waals surface area contributed by atoms with Crippen molar-refractivity contribution in [2.45, 2.75) is 10.9 Å². The minimum atomic E-state index is 0. The quantitative estimate of drug-likeness (QED) is 0.548. The molecule has 0 aliphatic carbocycles. The van der Waals surface area contributed by atoms with Gasteiger partial charge in [-0.2, -0.15) is 0 Å². The van der Waals surface area contributed by atoms with Crippen LogP contribution in [0.5, 0.6) is 0 Å². The van der Waals surface area contributed by atoms with Crippen LogP contribution in [0, 0.1) is 0 Å². The molecule has 2 aromatic carbocycles.